The van der Waals surface area contributed by atoms with Crippen molar-refractivity contribution in [1.82, 2.24) is 5.32 Å². The second-order valence-corrected chi connectivity index (χ2v) is 6.50. The van der Waals surface area contributed by atoms with Gasteiger partial charge >= 0.3 is 12.1 Å². The largest absolute Gasteiger partial charge is 0.481 e. The fourth-order valence-corrected chi connectivity index (χ4v) is 1.44. The van der Waals surface area contributed by atoms with E-state index in [2.05, 4.69) is 5.32 Å². The Bertz CT molecular complexity index is 299. The number of ether oxygens (including phenoxy) is 1. The molecule has 0 aromatic carbocycles. The van der Waals surface area contributed by atoms with Gasteiger partial charge in [0.15, 0.2) is 0 Å². The molecule has 0 bridgehead atoms. The summed E-state index contributed by atoms with van der Waals surface area (Å²) in [6.45, 7) is 11.2. The lowest BCUT2D eigenvalue weighted by Gasteiger charge is -2.32. The number of carboxylic acid groups (broad SMARTS) is 1. The molecule has 0 unspecified atom stereocenters. The highest BCUT2D eigenvalue weighted by Gasteiger charge is 2.28. The molecule has 0 aliphatic heterocycles. The van der Waals surface area contributed by atoms with Gasteiger partial charge in [0.05, 0.1) is 0 Å². The van der Waals surface area contributed by atoms with Crippen molar-refractivity contribution in [2.75, 3.05) is 0 Å². The first kappa shape index (κ1) is 16.7. The lowest BCUT2D eigenvalue weighted by Crippen LogP contribution is -2.46. The topological polar surface area (TPSA) is 75.6 Å². The van der Waals surface area contributed by atoms with Crippen LogP contribution >= 0.6 is 0 Å². The van der Waals surface area contributed by atoms with Gasteiger partial charge in [0, 0.05) is 12.5 Å². The highest BCUT2D eigenvalue weighted by Crippen LogP contribution is 2.23. The first-order valence-corrected chi connectivity index (χ1v) is 6.13. The number of carbonyl (C=O) groups excluding carboxylic acids is 1. The molecule has 0 fully saturated rings. The Hall–Kier alpha value is -1.26. The zero-order valence-electron chi connectivity index (χ0n) is 12.2. The maximum Gasteiger partial charge on any atom is 0.407 e. The summed E-state index contributed by atoms with van der Waals surface area (Å²) in [4.78, 5) is 22.3. The molecule has 0 aromatic rings. The number of carboxylic acids is 1. The van der Waals surface area contributed by atoms with Crippen molar-refractivity contribution in [3.05, 3.63) is 0 Å². The Morgan fingerprint density at radius 3 is 2.00 bits per heavy atom. The van der Waals surface area contributed by atoms with Crippen molar-refractivity contribution >= 4 is 12.1 Å². The molecule has 1 atom stereocenters. The van der Waals surface area contributed by atoms with Crippen molar-refractivity contribution in [3.63, 3.8) is 0 Å². The van der Waals surface area contributed by atoms with Gasteiger partial charge in [-0.3, -0.25) is 4.79 Å². The molecule has 0 heterocycles. The van der Waals surface area contributed by atoms with Crippen LogP contribution in [0.1, 0.15) is 54.4 Å². The molecule has 18 heavy (non-hydrogen) atoms. The third-order valence-electron chi connectivity index (χ3n) is 2.38. The lowest BCUT2D eigenvalue weighted by atomic mass is 9.84. The SMILES string of the molecule is CC(C)(C)OC(=O)N[C@@H](CCC(=O)O)C(C)(C)C. The van der Waals surface area contributed by atoms with Gasteiger partial charge in [-0.1, -0.05) is 20.8 Å². The Kier molecular flexibility index (Phi) is 5.64. The Labute approximate surface area is 109 Å². The van der Waals surface area contributed by atoms with Gasteiger partial charge < -0.3 is 15.2 Å². The monoisotopic (exact) mass is 259 g/mol. The minimum atomic E-state index is -0.866. The summed E-state index contributed by atoms with van der Waals surface area (Å²) in [5.74, 6) is -0.866. The van der Waals surface area contributed by atoms with Crippen LogP contribution in [-0.4, -0.2) is 28.8 Å². The number of amides is 1. The predicted octanol–water partition coefficient (Wildman–Crippen LogP) is 2.79. The summed E-state index contributed by atoms with van der Waals surface area (Å²) in [5.41, 5.74) is -0.772. The van der Waals surface area contributed by atoms with Crippen LogP contribution in [0, 0.1) is 5.41 Å². The highest BCUT2D eigenvalue weighted by molar-refractivity contribution is 5.69. The summed E-state index contributed by atoms with van der Waals surface area (Å²) in [6.07, 6.45) is -0.0941. The van der Waals surface area contributed by atoms with Gasteiger partial charge in [-0.15, -0.1) is 0 Å². The summed E-state index contributed by atoms with van der Waals surface area (Å²) in [6, 6.07) is -0.233. The van der Waals surface area contributed by atoms with Crippen LogP contribution in [0.3, 0.4) is 0 Å². The molecular weight excluding hydrogens is 234 g/mol. The van der Waals surface area contributed by atoms with Crippen LogP contribution in [0.4, 0.5) is 4.79 Å². The normalized spacial score (nSPS) is 13.9. The number of alkyl carbamates (subject to hydrolysis) is 1. The van der Waals surface area contributed by atoms with E-state index in [1.54, 1.807) is 20.8 Å². The van der Waals surface area contributed by atoms with Crippen LogP contribution in [0.15, 0.2) is 0 Å². The molecule has 0 saturated heterocycles. The van der Waals surface area contributed by atoms with E-state index in [1.165, 1.54) is 0 Å². The number of aliphatic carboxylic acids is 1. The van der Waals surface area contributed by atoms with E-state index in [1.807, 2.05) is 20.8 Å². The van der Waals surface area contributed by atoms with Crippen LogP contribution < -0.4 is 5.32 Å². The Morgan fingerprint density at radius 1 is 1.17 bits per heavy atom. The summed E-state index contributed by atoms with van der Waals surface area (Å²) in [7, 11) is 0. The number of nitrogens with one attached hydrogen (secondary N) is 1. The third kappa shape index (κ3) is 7.92. The molecule has 0 radical (unpaired) electrons. The van der Waals surface area contributed by atoms with E-state index in [0.717, 1.165) is 0 Å². The smallest absolute Gasteiger partial charge is 0.407 e. The first-order chi connectivity index (χ1) is 7.92. The number of rotatable bonds is 4. The summed E-state index contributed by atoms with van der Waals surface area (Å²) in [5, 5.41) is 11.4. The molecule has 106 valence electrons. The van der Waals surface area contributed by atoms with Crippen LogP contribution in [0.25, 0.3) is 0 Å². The van der Waals surface area contributed by atoms with E-state index >= 15 is 0 Å². The maximum absolute atomic E-state index is 11.7. The van der Waals surface area contributed by atoms with Gasteiger partial charge in [0.2, 0.25) is 0 Å². The molecule has 0 spiro atoms. The minimum Gasteiger partial charge on any atom is -0.481 e. The first-order valence-electron chi connectivity index (χ1n) is 6.13. The molecule has 2 N–H and O–H groups in total. The predicted molar refractivity (Wildman–Crippen MR) is 69.5 cm³/mol. The molecule has 0 aromatic heterocycles. The molecule has 0 aliphatic rings. The van der Waals surface area contributed by atoms with E-state index in [9.17, 15) is 9.59 Å². The second-order valence-electron chi connectivity index (χ2n) is 6.50. The van der Waals surface area contributed by atoms with E-state index < -0.39 is 17.7 Å². The molecule has 5 heteroatoms. The average Bonchev–Trinajstić information content (AvgIpc) is 2.06. The van der Waals surface area contributed by atoms with Gasteiger partial charge in [-0.05, 0) is 32.6 Å². The molecule has 0 saturated carbocycles. The highest BCUT2D eigenvalue weighted by atomic mass is 16.6. The van der Waals surface area contributed by atoms with Crippen molar-refractivity contribution in [2.45, 2.75) is 66.0 Å². The zero-order chi connectivity index (χ0) is 14.6. The molecule has 1 amide bonds. The molecule has 0 aliphatic carbocycles. The van der Waals surface area contributed by atoms with Crippen molar-refractivity contribution < 1.29 is 19.4 Å². The fraction of sp³-hybridized carbons (Fsp3) is 0.846. The van der Waals surface area contributed by atoms with Crippen LogP contribution in [0.2, 0.25) is 0 Å². The van der Waals surface area contributed by atoms with Gasteiger partial charge in [-0.2, -0.15) is 0 Å². The lowest BCUT2D eigenvalue weighted by molar-refractivity contribution is -0.137. The third-order valence-corrected chi connectivity index (χ3v) is 2.38. The van der Waals surface area contributed by atoms with E-state index in [0.29, 0.717) is 6.42 Å². The summed E-state index contributed by atoms with van der Waals surface area (Å²) < 4.78 is 5.17. The van der Waals surface area contributed by atoms with Crippen molar-refractivity contribution in [2.24, 2.45) is 5.41 Å². The average molecular weight is 259 g/mol. The quantitative estimate of drug-likeness (QED) is 0.814. The fourth-order valence-electron chi connectivity index (χ4n) is 1.44. The molecular formula is C13H25NO4. The van der Waals surface area contributed by atoms with Gasteiger partial charge in [0.1, 0.15) is 5.60 Å². The van der Waals surface area contributed by atoms with Crippen LogP contribution in [-0.2, 0) is 9.53 Å². The van der Waals surface area contributed by atoms with Crippen LogP contribution in [0.5, 0.6) is 0 Å². The van der Waals surface area contributed by atoms with Crippen molar-refractivity contribution in [3.8, 4) is 0 Å². The number of hydrogen-bond donors (Lipinski definition) is 2. The van der Waals surface area contributed by atoms with E-state index in [-0.39, 0.29) is 17.9 Å². The summed E-state index contributed by atoms with van der Waals surface area (Å²) >= 11 is 0. The standard InChI is InChI=1S/C13H25NO4/c1-12(2,3)9(7-8-10(15)16)14-11(17)18-13(4,5)6/h9H,7-8H2,1-6H3,(H,14,17)(H,15,16)/t9-/m0/s1. The zero-order valence-corrected chi connectivity index (χ0v) is 12.2. The van der Waals surface area contributed by atoms with Gasteiger partial charge in [-0.25, -0.2) is 4.79 Å². The van der Waals surface area contributed by atoms with E-state index in [4.69, 9.17) is 9.84 Å². The number of carbonyl (C=O) groups is 2. The minimum absolute atomic E-state index is 0.0255. The van der Waals surface area contributed by atoms with Crippen molar-refractivity contribution in [1.29, 1.82) is 0 Å². The molecule has 0 rings (SSSR count). The maximum atomic E-state index is 11.7. The Morgan fingerprint density at radius 2 is 1.67 bits per heavy atom. The second kappa shape index (κ2) is 6.07. The molecule has 5 nitrogen and oxygen atoms in total. The Balaban J connectivity index is 4.51. The van der Waals surface area contributed by atoms with Gasteiger partial charge in [0.25, 0.3) is 0 Å². The number of hydrogen-bond acceptors (Lipinski definition) is 3.